The van der Waals surface area contributed by atoms with E-state index >= 15 is 0 Å². The topological polar surface area (TPSA) is 95.5 Å². The fraction of sp³-hybridized carbons (Fsp3) is 0.148. The lowest BCUT2D eigenvalue weighted by Crippen LogP contribution is -2.34. The van der Waals surface area contributed by atoms with Gasteiger partial charge in [0.1, 0.15) is 17.2 Å². The molecule has 0 saturated heterocycles. The van der Waals surface area contributed by atoms with Gasteiger partial charge in [0, 0.05) is 41.5 Å². The highest BCUT2D eigenvalue weighted by Gasteiger charge is 2.21. The van der Waals surface area contributed by atoms with Gasteiger partial charge in [0.25, 0.3) is 5.91 Å². The van der Waals surface area contributed by atoms with E-state index in [4.69, 9.17) is 9.84 Å². The number of aromatic nitrogens is 2. The number of aromatic carboxylic acids is 1. The van der Waals surface area contributed by atoms with Crippen LogP contribution in [0.1, 0.15) is 32.8 Å². The van der Waals surface area contributed by atoms with E-state index in [1.54, 1.807) is 24.3 Å². The van der Waals surface area contributed by atoms with Crippen LogP contribution in [-0.4, -0.2) is 52.1 Å². The summed E-state index contributed by atoms with van der Waals surface area (Å²) >= 11 is 0. The zero-order chi connectivity index (χ0) is 24.5. The zero-order valence-corrected chi connectivity index (χ0v) is 18.9. The van der Waals surface area contributed by atoms with Gasteiger partial charge in [0.2, 0.25) is 0 Å². The van der Waals surface area contributed by atoms with E-state index < -0.39 is 5.97 Å². The minimum atomic E-state index is -1.03. The Balaban J connectivity index is 1.40. The van der Waals surface area contributed by atoms with Crippen molar-refractivity contribution in [2.45, 2.75) is 6.42 Å². The van der Waals surface area contributed by atoms with E-state index in [9.17, 15) is 14.0 Å². The SMILES string of the molecule is COc1ccc(F)cc1-c1ccnc2[nH]c(C3=CCN(C(=O)c4ccc(C(=O)O)cc4)CC3)cc12. The van der Waals surface area contributed by atoms with Crippen LogP contribution in [0, 0.1) is 5.82 Å². The molecule has 0 aliphatic carbocycles. The van der Waals surface area contributed by atoms with E-state index in [2.05, 4.69) is 9.97 Å². The third-order valence-corrected chi connectivity index (χ3v) is 6.20. The van der Waals surface area contributed by atoms with Gasteiger partial charge < -0.3 is 19.7 Å². The molecule has 2 aromatic heterocycles. The lowest BCUT2D eigenvalue weighted by atomic mass is 10.0. The minimum Gasteiger partial charge on any atom is -0.496 e. The number of carboxylic acids is 1. The van der Waals surface area contributed by atoms with Crippen LogP contribution in [-0.2, 0) is 0 Å². The molecule has 0 radical (unpaired) electrons. The molecule has 4 aromatic rings. The molecular weight excluding hydrogens is 449 g/mol. The zero-order valence-electron chi connectivity index (χ0n) is 18.9. The first-order valence-corrected chi connectivity index (χ1v) is 11.1. The van der Waals surface area contributed by atoms with Gasteiger partial charge in [-0.1, -0.05) is 6.08 Å². The second kappa shape index (κ2) is 9.06. The van der Waals surface area contributed by atoms with Crippen molar-refractivity contribution in [2.24, 2.45) is 0 Å². The van der Waals surface area contributed by atoms with Crippen molar-refractivity contribution in [3.05, 3.63) is 89.5 Å². The summed E-state index contributed by atoms with van der Waals surface area (Å²) in [5.41, 5.74) is 4.70. The van der Waals surface area contributed by atoms with Gasteiger partial charge in [-0.15, -0.1) is 0 Å². The molecule has 0 bridgehead atoms. The van der Waals surface area contributed by atoms with Crippen LogP contribution in [0.15, 0.2) is 66.9 Å². The van der Waals surface area contributed by atoms with Crippen molar-refractivity contribution in [2.75, 3.05) is 20.2 Å². The Morgan fingerprint density at radius 3 is 2.51 bits per heavy atom. The third-order valence-electron chi connectivity index (χ3n) is 6.20. The fourth-order valence-electron chi connectivity index (χ4n) is 4.36. The van der Waals surface area contributed by atoms with Crippen molar-refractivity contribution < 1.29 is 23.8 Å². The summed E-state index contributed by atoms with van der Waals surface area (Å²) in [6.45, 7) is 0.959. The quantitative estimate of drug-likeness (QED) is 0.427. The lowest BCUT2D eigenvalue weighted by Gasteiger charge is -2.26. The van der Waals surface area contributed by atoms with E-state index in [1.807, 2.05) is 18.2 Å². The maximum atomic E-state index is 14.0. The molecule has 5 rings (SSSR count). The van der Waals surface area contributed by atoms with Crippen LogP contribution in [0.25, 0.3) is 27.7 Å². The molecule has 2 aromatic carbocycles. The van der Waals surface area contributed by atoms with Crippen molar-refractivity contribution in [3.8, 4) is 16.9 Å². The fourth-order valence-corrected chi connectivity index (χ4v) is 4.36. The molecule has 0 atom stereocenters. The van der Waals surface area contributed by atoms with E-state index in [-0.39, 0.29) is 17.3 Å². The molecule has 0 fully saturated rings. The number of hydrogen-bond acceptors (Lipinski definition) is 4. The van der Waals surface area contributed by atoms with Crippen LogP contribution in [0.4, 0.5) is 4.39 Å². The van der Waals surface area contributed by atoms with Crippen molar-refractivity contribution >= 4 is 28.5 Å². The summed E-state index contributed by atoms with van der Waals surface area (Å²) in [6, 6.07) is 14.2. The van der Waals surface area contributed by atoms with E-state index in [0.717, 1.165) is 22.2 Å². The van der Waals surface area contributed by atoms with Gasteiger partial charge in [-0.2, -0.15) is 0 Å². The maximum Gasteiger partial charge on any atom is 0.335 e. The van der Waals surface area contributed by atoms with Gasteiger partial charge >= 0.3 is 5.97 Å². The Hall–Kier alpha value is -4.46. The molecule has 7 nitrogen and oxygen atoms in total. The number of amides is 1. The number of H-pyrrole nitrogens is 1. The van der Waals surface area contributed by atoms with Crippen LogP contribution in [0.2, 0.25) is 0 Å². The van der Waals surface area contributed by atoms with Gasteiger partial charge in [0.15, 0.2) is 0 Å². The van der Waals surface area contributed by atoms with Crippen molar-refractivity contribution in [1.29, 1.82) is 0 Å². The normalized spacial score (nSPS) is 13.5. The summed E-state index contributed by atoms with van der Waals surface area (Å²) in [4.78, 5) is 33.4. The standard InChI is InChI=1S/C27H22FN3O4/c1-35-24-7-6-19(28)14-21(24)20-8-11-29-25-22(20)15-23(30-25)16-9-12-31(13-10-16)26(32)17-2-4-18(5-3-17)27(33)34/h2-9,11,14-15H,10,12-13H2,1H3,(H,29,30)(H,33,34). The Morgan fingerprint density at radius 1 is 1.06 bits per heavy atom. The van der Waals surface area contributed by atoms with Crippen LogP contribution >= 0.6 is 0 Å². The molecular formula is C27H22FN3O4. The van der Waals surface area contributed by atoms with E-state index in [1.165, 1.54) is 36.4 Å². The molecule has 1 aliphatic rings. The highest BCUT2D eigenvalue weighted by atomic mass is 19.1. The molecule has 0 saturated carbocycles. The van der Waals surface area contributed by atoms with Crippen LogP contribution in [0.5, 0.6) is 5.75 Å². The number of pyridine rings is 1. The molecule has 176 valence electrons. The number of ether oxygens (including phenoxy) is 1. The number of hydrogen-bond donors (Lipinski definition) is 2. The first-order valence-electron chi connectivity index (χ1n) is 11.1. The van der Waals surface area contributed by atoms with Crippen LogP contribution in [0.3, 0.4) is 0 Å². The highest BCUT2D eigenvalue weighted by molar-refractivity contribution is 5.98. The molecule has 8 heteroatoms. The molecule has 1 aliphatic heterocycles. The number of fused-ring (bicyclic) bond motifs is 1. The molecule has 1 amide bonds. The summed E-state index contributed by atoms with van der Waals surface area (Å²) < 4.78 is 19.4. The number of nitrogens with zero attached hydrogens (tertiary/aromatic N) is 2. The number of aromatic amines is 1. The maximum absolute atomic E-state index is 14.0. The average Bonchev–Trinajstić information content (AvgIpc) is 3.33. The van der Waals surface area contributed by atoms with Crippen LogP contribution < -0.4 is 4.74 Å². The second-order valence-electron chi connectivity index (χ2n) is 8.26. The Kier molecular flexibility index (Phi) is 5.78. The monoisotopic (exact) mass is 471 g/mol. The largest absolute Gasteiger partial charge is 0.496 e. The number of carbonyl (C=O) groups is 2. The van der Waals surface area contributed by atoms with Gasteiger partial charge in [-0.25, -0.2) is 14.2 Å². The molecule has 35 heavy (non-hydrogen) atoms. The Labute approximate surface area is 200 Å². The number of halogens is 1. The van der Waals surface area contributed by atoms with E-state index in [0.29, 0.717) is 42.0 Å². The van der Waals surface area contributed by atoms with Gasteiger partial charge in [-0.3, -0.25) is 4.79 Å². The number of carbonyl (C=O) groups excluding carboxylic acids is 1. The summed E-state index contributed by atoms with van der Waals surface area (Å²) in [6.07, 6.45) is 4.32. The molecule has 0 unspecified atom stereocenters. The molecule has 0 spiro atoms. The van der Waals surface area contributed by atoms with Crippen molar-refractivity contribution in [3.63, 3.8) is 0 Å². The van der Waals surface area contributed by atoms with Gasteiger partial charge in [-0.05, 0) is 72.2 Å². The number of rotatable bonds is 5. The number of carboxylic acid groups (broad SMARTS) is 1. The first kappa shape index (κ1) is 22.3. The lowest BCUT2D eigenvalue weighted by molar-refractivity contribution is 0.0694. The number of nitrogens with one attached hydrogen (secondary N) is 1. The average molecular weight is 471 g/mol. The number of methoxy groups -OCH3 is 1. The van der Waals surface area contributed by atoms with Crippen molar-refractivity contribution in [1.82, 2.24) is 14.9 Å². The Bertz CT molecular complexity index is 1470. The Morgan fingerprint density at radius 2 is 1.83 bits per heavy atom. The highest BCUT2D eigenvalue weighted by Crippen LogP contribution is 2.36. The summed E-state index contributed by atoms with van der Waals surface area (Å²) in [5, 5.41) is 9.89. The predicted molar refractivity (Wildman–Crippen MR) is 130 cm³/mol. The predicted octanol–water partition coefficient (Wildman–Crippen LogP) is 5.01. The molecule has 2 N–H and O–H groups in total. The minimum absolute atomic E-state index is 0.143. The molecule has 3 heterocycles. The van der Waals surface area contributed by atoms with Gasteiger partial charge in [0.05, 0.1) is 12.7 Å². The second-order valence-corrected chi connectivity index (χ2v) is 8.26. The third kappa shape index (κ3) is 4.26. The smallest absolute Gasteiger partial charge is 0.335 e. The number of benzene rings is 2. The summed E-state index contributed by atoms with van der Waals surface area (Å²) in [5.74, 6) is -0.944. The first-order chi connectivity index (χ1) is 16.9. The summed E-state index contributed by atoms with van der Waals surface area (Å²) in [7, 11) is 1.55.